The number of rotatable bonds is 5. The van der Waals surface area contributed by atoms with Crippen molar-refractivity contribution in [2.24, 2.45) is 10.2 Å². The van der Waals surface area contributed by atoms with E-state index in [1.165, 1.54) is 0 Å². The van der Waals surface area contributed by atoms with Crippen LogP contribution in [0, 0.1) is 0 Å². The van der Waals surface area contributed by atoms with Crippen LogP contribution in [0.4, 0.5) is 0 Å². The van der Waals surface area contributed by atoms with Crippen molar-refractivity contribution in [3.05, 3.63) is 0 Å². The zero-order chi connectivity index (χ0) is 9.56. The largest absolute Gasteiger partial charge is 0.191 e. The molecule has 0 aromatic heterocycles. The van der Waals surface area contributed by atoms with Crippen LogP contribution in [0.5, 0.6) is 0 Å². The second kappa shape index (κ2) is 6.67. The number of halogens is 2. The zero-order valence-electron chi connectivity index (χ0n) is 7.80. The highest BCUT2D eigenvalue weighted by atomic mass is 35.5. The highest BCUT2D eigenvalue weighted by molar-refractivity contribution is 6.44. The maximum Gasteiger partial charge on any atom is 0.131 e. The number of hydrogen-bond donors (Lipinski definition) is 0. The van der Waals surface area contributed by atoms with E-state index in [9.17, 15) is 0 Å². The van der Waals surface area contributed by atoms with Crippen molar-refractivity contribution in [1.29, 1.82) is 0 Å². The van der Waals surface area contributed by atoms with Gasteiger partial charge in [-0.3, -0.25) is 0 Å². The van der Waals surface area contributed by atoms with Gasteiger partial charge in [0.15, 0.2) is 0 Å². The Bertz CT molecular complexity index is 137. The van der Waals surface area contributed by atoms with Gasteiger partial charge in [0.1, 0.15) is 10.9 Å². The minimum absolute atomic E-state index is 0.0534. The van der Waals surface area contributed by atoms with Crippen molar-refractivity contribution in [3.8, 4) is 0 Å². The zero-order valence-corrected chi connectivity index (χ0v) is 9.31. The molecule has 0 heterocycles. The van der Waals surface area contributed by atoms with Crippen molar-refractivity contribution in [2.45, 2.75) is 50.5 Å². The first-order valence-corrected chi connectivity index (χ1v) is 5.17. The number of nitrogens with zero attached hydrogens (tertiary/aromatic N) is 2. The van der Waals surface area contributed by atoms with Gasteiger partial charge in [0.05, 0.1) is 6.04 Å². The van der Waals surface area contributed by atoms with Crippen molar-refractivity contribution in [1.82, 2.24) is 0 Å². The van der Waals surface area contributed by atoms with Gasteiger partial charge in [-0.15, -0.1) is 23.2 Å². The Labute approximate surface area is 84.3 Å². The smallest absolute Gasteiger partial charge is 0.131 e. The molecule has 0 saturated heterocycles. The van der Waals surface area contributed by atoms with Crippen molar-refractivity contribution < 1.29 is 0 Å². The van der Waals surface area contributed by atoms with Gasteiger partial charge in [-0.05, 0) is 19.8 Å². The predicted molar refractivity (Wildman–Crippen MR) is 54.2 cm³/mol. The average Bonchev–Trinajstić information content (AvgIpc) is 2.04. The minimum atomic E-state index is -0.442. The fraction of sp³-hybridized carbons (Fsp3) is 1.00. The van der Waals surface area contributed by atoms with E-state index in [0.29, 0.717) is 0 Å². The highest BCUT2D eigenvalue weighted by Gasteiger charge is 2.13. The monoisotopic (exact) mass is 210 g/mol. The van der Waals surface area contributed by atoms with Crippen LogP contribution in [0.15, 0.2) is 10.2 Å². The summed E-state index contributed by atoms with van der Waals surface area (Å²) in [4.78, 5) is -0.442. The predicted octanol–water partition coefficient (Wildman–Crippen LogP) is 3.82. The number of hydrogen-bond acceptors (Lipinski definition) is 2. The van der Waals surface area contributed by atoms with Crippen LogP contribution < -0.4 is 0 Å². The summed E-state index contributed by atoms with van der Waals surface area (Å²) in [6, 6.07) is 0.216. The lowest BCUT2D eigenvalue weighted by Crippen LogP contribution is -2.12. The Morgan fingerprint density at radius 3 is 2.00 bits per heavy atom. The molecule has 0 aliphatic rings. The molecule has 4 heteroatoms. The molecule has 0 radical (unpaired) electrons. The van der Waals surface area contributed by atoms with E-state index in [1.807, 2.05) is 13.8 Å². The maximum absolute atomic E-state index is 5.68. The van der Waals surface area contributed by atoms with Crippen molar-refractivity contribution in [2.75, 3.05) is 0 Å². The fourth-order valence-electron chi connectivity index (χ4n) is 0.591. The number of alkyl halides is 2. The molecule has 2 nitrogen and oxygen atoms in total. The normalized spacial score (nSPS) is 17.2. The third-order valence-corrected chi connectivity index (χ3v) is 2.29. The van der Waals surface area contributed by atoms with Gasteiger partial charge >= 0.3 is 0 Å². The lowest BCUT2D eigenvalue weighted by Gasteiger charge is -2.09. The molecule has 12 heavy (non-hydrogen) atoms. The topological polar surface area (TPSA) is 24.7 Å². The van der Waals surface area contributed by atoms with E-state index >= 15 is 0 Å². The first kappa shape index (κ1) is 12.2. The van der Waals surface area contributed by atoms with Gasteiger partial charge in [0, 0.05) is 0 Å². The summed E-state index contributed by atoms with van der Waals surface area (Å²) in [6.07, 6.45) is 1.83. The van der Waals surface area contributed by atoms with E-state index in [0.717, 1.165) is 12.8 Å². The summed E-state index contributed by atoms with van der Waals surface area (Å²) in [6.45, 7) is 6.09. The van der Waals surface area contributed by atoms with Gasteiger partial charge in [-0.25, -0.2) is 0 Å². The summed E-state index contributed by atoms with van der Waals surface area (Å²) < 4.78 is 0. The lowest BCUT2D eigenvalue weighted by atomic mass is 10.3. The number of azo groups is 1. The van der Waals surface area contributed by atoms with Crippen LogP contribution in [0.2, 0.25) is 0 Å². The molecule has 0 bridgehead atoms. The molecule has 0 aliphatic carbocycles. The van der Waals surface area contributed by atoms with E-state index in [-0.39, 0.29) is 12.1 Å². The standard InChI is InChI=1S/C8H16Cl2N2/c1-4-6(3)11-12-7(5-2)8(9)10/h6-8H,4-5H2,1-3H3. The average molecular weight is 211 g/mol. The molecule has 0 spiro atoms. The second-order valence-electron chi connectivity index (χ2n) is 2.80. The third kappa shape index (κ3) is 4.94. The minimum Gasteiger partial charge on any atom is -0.191 e. The van der Waals surface area contributed by atoms with Gasteiger partial charge in [0.25, 0.3) is 0 Å². The molecule has 0 fully saturated rings. The highest BCUT2D eigenvalue weighted by Crippen LogP contribution is 2.15. The van der Waals surface area contributed by atoms with Crippen molar-refractivity contribution in [3.63, 3.8) is 0 Å². The molecule has 0 rings (SSSR count). The van der Waals surface area contributed by atoms with Crippen LogP contribution in [0.1, 0.15) is 33.6 Å². The molecule has 2 atom stereocenters. The Hall–Kier alpha value is 0.180. The van der Waals surface area contributed by atoms with E-state index in [2.05, 4.69) is 17.2 Å². The summed E-state index contributed by atoms with van der Waals surface area (Å²) in [7, 11) is 0. The van der Waals surface area contributed by atoms with E-state index < -0.39 is 4.84 Å². The first-order valence-electron chi connectivity index (χ1n) is 4.29. The Kier molecular flexibility index (Phi) is 6.77. The SMILES string of the molecule is CCC(C)N=NC(CC)C(Cl)Cl. The van der Waals surface area contributed by atoms with Crippen LogP contribution in [-0.4, -0.2) is 16.9 Å². The van der Waals surface area contributed by atoms with Crippen LogP contribution in [-0.2, 0) is 0 Å². The van der Waals surface area contributed by atoms with Gasteiger partial charge in [0.2, 0.25) is 0 Å². The van der Waals surface area contributed by atoms with Crippen LogP contribution >= 0.6 is 23.2 Å². The van der Waals surface area contributed by atoms with Crippen LogP contribution in [0.25, 0.3) is 0 Å². The summed E-state index contributed by atoms with van der Waals surface area (Å²) in [5.74, 6) is 0. The quantitative estimate of drug-likeness (QED) is 0.487. The Morgan fingerprint density at radius 1 is 1.08 bits per heavy atom. The maximum atomic E-state index is 5.68. The fourth-order valence-corrected chi connectivity index (χ4v) is 1.05. The molecule has 0 saturated carbocycles. The molecule has 0 aromatic rings. The Morgan fingerprint density at radius 2 is 1.67 bits per heavy atom. The third-order valence-electron chi connectivity index (χ3n) is 1.71. The first-order chi connectivity index (χ1) is 5.61. The van der Waals surface area contributed by atoms with E-state index in [4.69, 9.17) is 23.2 Å². The molecule has 0 aliphatic heterocycles. The molecular formula is C8H16Cl2N2. The van der Waals surface area contributed by atoms with Gasteiger partial charge < -0.3 is 0 Å². The molecule has 0 amide bonds. The molecule has 0 N–H and O–H groups in total. The summed E-state index contributed by atoms with van der Waals surface area (Å²) >= 11 is 11.4. The Balaban J connectivity index is 3.92. The molecule has 72 valence electrons. The second-order valence-corrected chi connectivity index (χ2v) is 3.96. The van der Waals surface area contributed by atoms with Crippen LogP contribution in [0.3, 0.4) is 0 Å². The summed E-state index contributed by atoms with van der Waals surface area (Å²) in [5, 5.41) is 8.16. The summed E-state index contributed by atoms with van der Waals surface area (Å²) in [5.41, 5.74) is 0. The molecule has 2 unspecified atom stereocenters. The molecular weight excluding hydrogens is 195 g/mol. The van der Waals surface area contributed by atoms with Crippen molar-refractivity contribution >= 4 is 23.2 Å². The van der Waals surface area contributed by atoms with E-state index in [1.54, 1.807) is 0 Å². The van der Waals surface area contributed by atoms with Gasteiger partial charge in [-0.1, -0.05) is 13.8 Å². The molecule has 0 aromatic carbocycles. The van der Waals surface area contributed by atoms with Gasteiger partial charge in [-0.2, -0.15) is 10.2 Å². The lowest BCUT2D eigenvalue weighted by molar-refractivity contribution is 0.588.